The molecular weight excluding hydrogens is 388 g/mol. The van der Waals surface area contributed by atoms with E-state index in [1.54, 1.807) is 18.1 Å². The van der Waals surface area contributed by atoms with Crippen LogP contribution in [0.5, 0.6) is 5.75 Å². The molecule has 1 aliphatic heterocycles. The lowest BCUT2D eigenvalue weighted by atomic mass is 10.1. The molecule has 1 heterocycles. The van der Waals surface area contributed by atoms with Gasteiger partial charge in [0.2, 0.25) is 15.9 Å². The average Bonchev–Trinajstić information content (AvgIpc) is 2.72. The quantitative estimate of drug-likeness (QED) is 0.726. The van der Waals surface area contributed by atoms with E-state index in [0.29, 0.717) is 43.9 Å². The van der Waals surface area contributed by atoms with Gasteiger partial charge in [-0.3, -0.25) is 4.79 Å². The van der Waals surface area contributed by atoms with E-state index in [0.717, 1.165) is 22.4 Å². The number of carbonyl (C=O) groups is 1. The van der Waals surface area contributed by atoms with Crippen molar-refractivity contribution in [1.29, 1.82) is 0 Å². The monoisotopic (exact) mass is 416 g/mol. The van der Waals surface area contributed by atoms with Crippen LogP contribution in [0.2, 0.25) is 0 Å². The molecule has 0 spiro atoms. The maximum Gasteiger partial charge on any atom is 0.243 e. The molecule has 3 rings (SSSR count). The molecule has 6 nitrogen and oxygen atoms in total. The Morgan fingerprint density at radius 2 is 1.72 bits per heavy atom. The molecule has 1 amide bonds. The van der Waals surface area contributed by atoms with Gasteiger partial charge in [-0.25, -0.2) is 8.42 Å². The predicted octanol–water partition coefficient (Wildman–Crippen LogP) is 2.78. The number of sulfonamides is 1. The van der Waals surface area contributed by atoms with Gasteiger partial charge in [-0.2, -0.15) is 4.31 Å². The molecule has 2 aromatic rings. The van der Waals surface area contributed by atoms with E-state index >= 15 is 0 Å². The summed E-state index contributed by atoms with van der Waals surface area (Å²) in [6.07, 6.45) is 0.980. The first-order chi connectivity index (χ1) is 13.8. The van der Waals surface area contributed by atoms with Gasteiger partial charge in [0.15, 0.2) is 0 Å². The van der Waals surface area contributed by atoms with E-state index < -0.39 is 10.0 Å². The van der Waals surface area contributed by atoms with Crippen LogP contribution in [0.3, 0.4) is 0 Å². The van der Waals surface area contributed by atoms with E-state index in [1.807, 2.05) is 50.2 Å². The summed E-state index contributed by atoms with van der Waals surface area (Å²) in [5.74, 6) is 0.823. The van der Waals surface area contributed by atoms with Crippen molar-refractivity contribution in [3.05, 3.63) is 59.2 Å². The molecule has 0 N–H and O–H groups in total. The van der Waals surface area contributed by atoms with Gasteiger partial charge in [0, 0.05) is 32.6 Å². The van der Waals surface area contributed by atoms with Crippen LogP contribution >= 0.6 is 0 Å². The van der Waals surface area contributed by atoms with E-state index in [2.05, 4.69) is 0 Å². The topological polar surface area (TPSA) is 66.9 Å². The molecule has 2 aromatic carbocycles. The first-order valence-corrected chi connectivity index (χ1v) is 11.2. The van der Waals surface area contributed by atoms with Crippen molar-refractivity contribution in [3.63, 3.8) is 0 Å². The lowest BCUT2D eigenvalue weighted by molar-refractivity contribution is -0.132. The fourth-order valence-electron chi connectivity index (χ4n) is 3.71. The summed E-state index contributed by atoms with van der Waals surface area (Å²) in [6, 6.07) is 13.0. The second kappa shape index (κ2) is 8.97. The summed E-state index contributed by atoms with van der Waals surface area (Å²) in [6.45, 7) is 5.21. The average molecular weight is 417 g/mol. The van der Waals surface area contributed by atoms with Crippen molar-refractivity contribution in [2.45, 2.75) is 31.6 Å². The van der Waals surface area contributed by atoms with Gasteiger partial charge in [0.1, 0.15) is 5.75 Å². The van der Waals surface area contributed by atoms with Gasteiger partial charge in [-0.15, -0.1) is 0 Å². The molecular formula is C22H28N2O4S. The number of hydrogen-bond acceptors (Lipinski definition) is 4. The van der Waals surface area contributed by atoms with Crippen LogP contribution in [0.15, 0.2) is 47.4 Å². The van der Waals surface area contributed by atoms with Crippen LogP contribution in [0.4, 0.5) is 0 Å². The fraction of sp³-hybridized carbons (Fsp3) is 0.409. The number of rotatable bonds is 6. The summed E-state index contributed by atoms with van der Waals surface area (Å²) in [4.78, 5) is 14.7. The number of amides is 1. The maximum atomic E-state index is 13.0. The molecule has 0 saturated carbocycles. The van der Waals surface area contributed by atoms with E-state index in [9.17, 15) is 13.2 Å². The first kappa shape index (κ1) is 21.3. The highest BCUT2D eigenvalue weighted by atomic mass is 32.2. The summed E-state index contributed by atoms with van der Waals surface area (Å²) in [7, 11) is -1.92. The lowest BCUT2D eigenvalue weighted by Crippen LogP contribution is -2.50. The second-order valence-electron chi connectivity index (χ2n) is 7.37. The molecule has 0 radical (unpaired) electrons. The zero-order valence-corrected chi connectivity index (χ0v) is 18.0. The van der Waals surface area contributed by atoms with Crippen LogP contribution in [0.25, 0.3) is 0 Å². The smallest absolute Gasteiger partial charge is 0.243 e. The third-order valence-corrected chi connectivity index (χ3v) is 7.40. The number of nitrogens with zero attached hydrogens (tertiary/aromatic N) is 2. The Morgan fingerprint density at radius 1 is 1.03 bits per heavy atom. The minimum absolute atomic E-state index is 0.0412. The van der Waals surface area contributed by atoms with Crippen LogP contribution in [0, 0.1) is 13.8 Å². The molecule has 0 aliphatic carbocycles. The Labute approximate surface area is 173 Å². The molecule has 1 saturated heterocycles. The Morgan fingerprint density at radius 3 is 2.38 bits per heavy atom. The molecule has 1 fully saturated rings. The molecule has 156 valence electrons. The predicted molar refractivity (Wildman–Crippen MR) is 113 cm³/mol. The Kier molecular flexibility index (Phi) is 6.59. The normalized spacial score (nSPS) is 15.3. The summed E-state index contributed by atoms with van der Waals surface area (Å²) in [5.41, 5.74) is 2.78. The highest BCUT2D eigenvalue weighted by molar-refractivity contribution is 7.89. The van der Waals surface area contributed by atoms with Crippen molar-refractivity contribution >= 4 is 15.9 Å². The number of ether oxygens (including phenoxy) is 1. The van der Waals surface area contributed by atoms with Crippen LogP contribution in [-0.2, 0) is 21.2 Å². The number of piperazine rings is 1. The standard InChI is InChI=1S/C22H28N2O4S/c1-17-8-10-21(18(2)16-17)29(26,27)24-14-12-23(13-15-24)22(25)11-9-19-6-4-5-7-20(19)28-3/h4-8,10,16H,9,11-15H2,1-3H3. The lowest BCUT2D eigenvalue weighted by Gasteiger charge is -2.34. The molecule has 29 heavy (non-hydrogen) atoms. The Bertz CT molecular complexity index is 980. The van der Waals surface area contributed by atoms with Crippen molar-refractivity contribution < 1.29 is 17.9 Å². The first-order valence-electron chi connectivity index (χ1n) is 9.80. The van der Waals surface area contributed by atoms with Gasteiger partial charge < -0.3 is 9.64 Å². The molecule has 7 heteroatoms. The zero-order chi connectivity index (χ0) is 21.0. The third kappa shape index (κ3) is 4.79. The SMILES string of the molecule is COc1ccccc1CCC(=O)N1CCN(S(=O)(=O)c2ccc(C)cc2C)CC1. The number of hydrogen-bond donors (Lipinski definition) is 0. The van der Waals surface area contributed by atoms with Crippen LogP contribution in [-0.4, -0.2) is 56.8 Å². The Balaban J connectivity index is 1.59. The minimum Gasteiger partial charge on any atom is -0.496 e. The summed E-state index contributed by atoms with van der Waals surface area (Å²) < 4.78 is 32.8. The van der Waals surface area contributed by atoms with Crippen molar-refractivity contribution in [2.24, 2.45) is 0 Å². The molecule has 0 bridgehead atoms. The van der Waals surface area contributed by atoms with Gasteiger partial charge in [-0.05, 0) is 43.5 Å². The van der Waals surface area contributed by atoms with E-state index in [4.69, 9.17) is 4.74 Å². The van der Waals surface area contributed by atoms with E-state index in [-0.39, 0.29) is 5.91 Å². The number of methoxy groups -OCH3 is 1. The van der Waals surface area contributed by atoms with Gasteiger partial charge >= 0.3 is 0 Å². The molecule has 1 aliphatic rings. The van der Waals surface area contributed by atoms with Gasteiger partial charge in [0.05, 0.1) is 12.0 Å². The summed E-state index contributed by atoms with van der Waals surface area (Å²) >= 11 is 0. The van der Waals surface area contributed by atoms with Crippen molar-refractivity contribution in [1.82, 2.24) is 9.21 Å². The number of carbonyl (C=O) groups excluding carboxylic acids is 1. The van der Waals surface area contributed by atoms with Crippen molar-refractivity contribution in [2.75, 3.05) is 33.3 Å². The second-order valence-corrected chi connectivity index (χ2v) is 9.27. The van der Waals surface area contributed by atoms with Crippen LogP contribution < -0.4 is 4.74 Å². The van der Waals surface area contributed by atoms with Gasteiger partial charge in [0.25, 0.3) is 0 Å². The Hall–Kier alpha value is -2.38. The minimum atomic E-state index is -3.54. The molecule has 0 unspecified atom stereocenters. The van der Waals surface area contributed by atoms with E-state index in [1.165, 1.54) is 4.31 Å². The molecule has 0 aromatic heterocycles. The fourth-order valence-corrected chi connectivity index (χ4v) is 5.34. The zero-order valence-electron chi connectivity index (χ0n) is 17.2. The van der Waals surface area contributed by atoms with Crippen molar-refractivity contribution in [3.8, 4) is 5.75 Å². The van der Waals surface area contributed by atoms with Gasteiger partial charge in [-0.1, -0.05) is 35.9 Å². The number of para-hydroxylation sites is 1. The highest BCUT2D eigenvalue weighted by Gasteiger charge is 2.30. The maximum absolute atomic E-state index is 13.0. The largest absolute Gasteiger partial charge is 0.496 e. The number of benzene rings is 2. The third-order valence-electron chi connectivity index (χ3n) is 5.34. The molecule has 0 atom stereocenters. The highest BCUT2D eigenvalue weighted by Crippen LogP contribution is 2.23. The number of aryl methyl sites for hydroxylation is 3. The van der Waals surface area contributed by atoms with Crippen LogP contribution in [0.1, 0.15) is 23.1 Å². The summed E-state index contributed by atoms with van der Waals surface area (Å²) in [5, 5.41) is 0.